The molecule has 1 fully saturated rings. The Morgan fingerprint density at radius 3 is 2.77 bits per heavy atom. The van der Waals surface area contributed by atoms with Crippen LogP contribution < -0.4 is 5.32 Å². The van der Waals surface area contributed by atoms with Crippen LogP contribution in [-0.4, -0.2) is 41.8 Å². The zero-order valence-corrected chi connectivity index (χ0v) is 13.4. The van der Waals surface area contributed by atoms with Gasteiger partial charge in [0.1, 0.15) is 0 Å². The highest BCUT2D eigenvalue weighted by Crippen LogP contribution is 2.18. The number of likely N-dealkylation sites (tertiary alicyclic amines) is 1. The summed E-state index contributed by atoms with van der Waals surface area (Å²) in [6.45, 7) is 6.02. The maximum absolute atomic E-state index is 11.9. The Morgan fingerprint density at radius 1 is 1.41 bits per heavy atom. The van der Waals surface area contributed by atoms with E-state index in [2.05, 4.69) is 5.32 Å². The van der Waals surface area contributed by atoms with Gasteiger partial charge in [-0.2, -0.15) is 0 Å². The van der Waals surface area contributed by atoms with E-state index in [1.165, 1.54) is 0 Å². The van der Waals surface area contributed by atoms with E-state index in [-0.39, 0.29) is 12.7 Å². The average molecular weight is 306 g/mol. The lowest BCUT2D eigenvalue weighted by atomic mass is 10.0. The number of carbonyl (C=O) groups is 1. The van der Waals surface area contributed by atoms with Gasteiger partial charge in [-0.1, -0.05) is 26.0 Å². The van der Waals surface area contributed by atoms with Gasteiger partial charge in [0.25, 0.3) is 0 Å². The SMILES string of the molecule is CC(C)COC(=O)N1CCC(Nc2cccc(CO)c2)CC1. The molecule has 5 heteroatoms. The Morgan fingerprint density at radius 2 is 2.14 bits per heavy atom. The topological polar surface area (TPSA) is 61.8 Å². The van der Waals surface area contributed by atoms with Crippen molar-refractivity contribution in [3.8, 4) is 0 Å². The second-order valence-electron chi connectivity index (χ2n) is 6.23. The van der Waals surface area contributed by atoms with Crippen LogP contribution in [0.1, 0.15) is 32.3 Å². The van der Waals surface area contributed by atoms with E-state index >= 15 is 0 Å². The van der Waals surface area contributed by atoms with E-state index in [4.69, 9.17) is 9.84 Å². The highest BCUT2D eigenvalue weighted by molar-refractivity contribution is 5.67. The zero-order chi connectivity index (χ0) is 15.9. The van der Waals surface area contributed by atoms with Gasteiger partial charge in [0, 0.05) is 24.8 Å². The van der Waals surface area contributed by atoms with Crippen molar-refractivity contribution in [3.63, 3.8) is 0 Å². The Hall–Kier alpha value is -1.75. The Labute approximate surface area is 132 Å². The Kier molecular flexibility index (Phi) is 6.07. The summed E-state index contributed by atoms with van der Waals surface area (Å²) in [6, 6.07) is 8.15. The van der Waals surface area contributed by atoms with Crippen molar-refractivity contribution in [3.05, 3.63) is 29.8 Å². The molecule has 1 aliphatic heterocycles. The van der Waals surface area contributed by atoms with Gasteiger partial charge < -0.3 is 20.1 Å². The molecular formula is C17H26N2O3. The van der Waals surface area contributed by atoms with Crippen LogP contribution in [-0.2, 0) is 11.3 Å². The Bertz CT molecular complexity index is 483. The third-order valence-electron chi connectivity index (χ3n) is 3.77. The third kappa shape index (κ3) is 4.91. The molecular weight excluding hydrogens is 280 g/mol. The number of piperidine rings is 1. The number of amides is 1. The van der Waals surface area contributed by atoms with E-state index in [0.717, 1.165) is 24.1 Å². The standard InChI is InChI=1S/C17H26N2O3/c1-13(2)12-22-17(21)19-8-6-15(7-9-19)18-16-5-3-4-14(10-16)11-20/h3-5,10,13,15,18,20H,6-9,11-12H2,1-2H3. The van der Waals surface area contributed by atoms with Crippen LogP contribution in [0.15, 0.2) is 24.3 Å². The summed E-state index contributed by atoms with van der Waals surface area (Å²) < 4.78 is 5.27. The second-order valence-corrected chi connectivity index (χ2v) is 6.23. The largest absolute Gasteiger partial charge is 0.449 e. The number of nitrogens with one attached hydrogen (secondary N) is 1. The number of hydrogen-bond acceptors (Lipinski definition) is 4. The van der Waals surface area contributed by atoms with Crippen molar-refractivity contribution in [1.82, 2.24) is 4.90 Å². The molecule has 1 aromatic carbocycles. The first-order chi connectivity index (χ1) is 10.6. The van der Waals surface area contributed by atoms with Gasteiger partial charge in [0.2, 0.25) is 0 Å². The molecule has 1 aromatic rings. The van der Waals surface area contributed by atoms with Crippen LogP contribution in [0.5, 0.6) is 0 Å². The summed E-state index contributed by atoms with van der Waals surface area (Å²) in [5, 5.41) is 12.6. The van der Waals surface area contributed by atoms with Gasteiger partial charge in [-0.25, -0.2) is 4.79 Å². The van der Waals surface area contributed by atoms with Crippen molar-refractivity contribution >= 4 is 11.8 Å². The third-order valence-corrected chi connectivity index (χ3v) is 3.77. The molecule has 0 saturated carbocycles. The highest BCUT2D eigenvalue weighted by atomic mass is 16.6. The predicted molar refractivity (Wildman–Crippen MR) is 86.8 cm³/mol. The van der Waals surface area contributed by atoms with Crippen molar-refractivity contribution in [1.29, 1.82) is 0 Å². The van der Waals surface area contributed by atoms with Crippen molar-refractivity contribution in [2.45, 2.75) is 39.3 Å². The number of carbonyl (C=O) groups excluding carboxylic acids is 1. The minimum absolute atomic E-state index is 0.0512. The predicted octanol–water partition coefficient (Wildman–Crippen LogP) is 2.85. The fourth-order valence-corrected chi connectivity index (χ4v) is 2.53. The molecule has 0 aliphatic carbocycles. The molecule has 2 rings (SSSR count). The van der Waals surface area contributed by atoms with Crippen molar-refractivity contribution in [2.24, 2.45) is 5.92 Å². The van der Waals surface area contributed by atoms with Gasteiger partial charge in [-0.05, 0) is 36.5 Å². The number of aliphatic hydroxyl groups excluding tert-OH is 1. The smallest absolute Gasteiger partial charge is 0.409 e. The molecule has 1 aliphatic rings. The summed E-state index contributed by atoms with van der Waals surface area (Å²) in [5.74, 6) is 0.363. The zero-order valence-electron chi connectivity index (χ0n) is 13.4. The summed E-state index contributed by atoms with van der Waals surface area (Å²) in [4.78, 5) is 13.7. The molecule has 0 bridgehead atoms. The van der Waals surface area contributed by atoms with Crippen LogP contribution in [0.3, 0.4) is 0 Å². The molecule has 2 N–H and O–H groups in total. The van der Waals surface area contributed by atoms with Gasteiger partial charge in [0.05, 0.1) is 13.2 Å². The molecule has 0 unspecified atom stereocenters. The monoisotopic (exact) mass is 306 g/mol. The van der Waals surface area contributed by atoms with Gasteiger partial charge in [-0.15, -0.1) is 0 Å². The highest BCUT2D eigenvalue weighted by Gasteiger charge is 2.23. The molecule has 0 atom stereocenters. The van der Waals surface area contributed by atoms with E-state index in [1.54, 1.807) is 4.90 Å². The second kappa shape index (κ2) is 8.03. The number of benzene rings is 1. The van der Waals surface area contributed by atoms with E-state index in [9.17, 15) is 4.79 Å². The van der Waals surface area contributed by atoms with Crippen molar-refractivity contribution in [2.75, 3.05) is 25.0 Å². The molecule has 22 heavy (non-hydrogen) atoms. The van der Waals surface area contributed by atoms with Crippen LogP contribution in [0.4, 0.5) is 10.5 Å². The first-order valence-corrected chi connectivity index (χ1v) is 7.96. The maximum Gasteiger partial charge on any atom is 0.409 e. The van der Waals surface area contributed by atoms with Crippen LogP contribution in [0, 0.1) is 5.92 Å². The molecule has 0 radical (unpaired) electrons. The molecule has 0 spiro atoms. The lowest BCUT2D eigenvalue weighted by Gasteiger charge is -2.32. The first-order valence-electron chi connectivity index (χ1n) is 7.96. The van der Waals surface area contributed by atoms with E-state index < -0.39 is 0 Å². The maximum atomic E-state index is 11.9. The lowest BCUT2D eigenvalue weighted by Crippen LogP contribution is -2.42. The number of rotatable bonds is 5. The summed E-state index contributed by atoms with van der Waals surface area (Å²) in [5.41, 5.74) is 1.92. The summed E-state index contributed by atoms with van der Waals surface area (Å²) in [7, 11) is 0. The molecule has 1 heterocycles. The Balaban J connectivity index is 1.78. The molecule has 0 aromatic heterocycles. The molecule has 5 nitrogen and oxygen atoms in total. The molecule has 1 saturated heterocycles. The summed E-state index contributed by atoms with van der Waals surface area (Å²) in [6.07, 6.45) is 1.61. The van der Waals surface area contributed by atoms with Crippen molar-refractivity contribution < 1.29 is 14.6 Å². The van der Waals surface area contributed by atoms with Gasteiger partial charge >= 0.3 is 6.09 Å². The molecule has 122 valence electrons. The summed E-state index contributed by atoms with van der Waals surface area (Å²) >= 11 is 0. The number of anilines is 1. The number of aliphatic hydroxyl groups is 1. The van der Waals surface area contributed by atoms with E-state index in [1.807, 2.05) is 38.1 Å². The first kappa shape index (κ1) is 16.6. The fourth-order valence-electron chi connectivity index (χ4n) is 2.53. The number of ether oxygens (including phenoxy) is 1. The number of hydrogen-bond donors (Lipinski definition) is 2. The van der Waals surface area contributed by atoms with Gasteiger partial charge in [-0.3, -0.25) is 0 Å². The minimum Gasteiger partial charge on any atom is -0.449 e. The lowest BCUT2D eigenvalue weighted by molar-refractivity contribution is 0.0845. The fraction of sp³-hybridized carbons (Fsp3) is 0.588. The van der Waals surface area contributed by atoms with Crippen LogP contribution in [0.2, 0.25) is 0 Å². The number of nitrogens with zero attached hydrogens (tertiary/aromatic N) is 1. The minimum atomic E-state index is -0.200. The quantitative estimate of drug-likeness (QED) is 0.878. The molecule has 1 amide bonds. The normalized spacial score (nSPS) is 15.9. The van der Waals surface area contributed by atoms with Crippen LogP contribution >= 0.6 is 0 Å². The van der Waals surface area contributed by atoms with Crippen LogP contribution in [0.25, 0.3) is 0 Å². The van der Waals surface area contributed by atoms with E-state index in [0.29, 0.717) is 31.7 Å². The average Bonchev–Trinajstić information content (AvgIpc) is 2.53. The van der Waals surface area contributed by atoms with Gasteiger partial charge in [0.15, 0.2) is 0 Å².